The van der Waals surface area contributed by atoms with Crippen molar-refractivity contribution in [2.75, 3.05) is 25.5 Å². The number of anilines is 1. The Morgan fingerprint density at radius 3 is 2.36 bits per heavy atom. The average Bonchev–Trinajstić information content (AvgIpc) is 3.40. The highest BCUT2D eigenvalue weighted by atomic mass is 32.2. The molecular weight excluding hydrogens is 456 g/mol. The van der Waals surface area contributed by atoms with Gasteiger partial charge in [0.25, 0.3) is 5.91 Å². The van der Waals surface area contributed by atoms with Gasteiger partial charge < -0.3 is 10.1 Å². The van der Waals surface area contributed by atoms with Crippen molar-refractivity contribution in [1.82, 2.24) is 4.31 Å². The summed E-state index contributed by atoms with van der Waals surface area (Å²) in [6.45, 7) is 1.04. The number of benzene rings is 3. The summed E-state index contributed by atoms with van der Waals surface area (Å²) in [6.07, 6.45) is 1.72. The van der Waals surface area contributed by atoms with Gasteiger partial charge in [-0.1, -0.05) is 30.3 Å². The van der Waals surface area contributed by atoms with E-state index in [0.717, 1.165) is 24.2 Å². The van der Waals surface area contributed by atoms with Crippen LogP contribution in [0.2, 0.25) is 0 Å². The van der Waals surface area contributed by atoms with Crippen LogP contribution in [0.25, 0.3) is 0 Å². The van der Waals surface area contributed by atoms with E-state index in [1.165, 1.54) is 28.4 Å². The molecule has 172 valence electrons. The molecular formula is C25H26N2O4S2. The fourth-order valence-corrected chi connectivity index (χ4v) is 6.07. The first-order valence-electron chi connectivity index (χ1n) is 10.7. The zero-order valence-corrected chi connectivity index (χ0v) is 20.0. The number of amides is 1. The molecule has 0 saturated carbocycles. The normalized spacial score (nSPS) is 14.2. The smallest absolute Gasteiger partial charge is 0.255 e. The maximum atomic E-state index is 12.9. The molecule has 1 N–H and O–H groups in total. The summed E-state index contributed by atoms with van der Waals surface area (Å²) in [5, 5.41) is 2.81. The molecule has 0 unspecified atom stereocenters. The van der Waals surface area contributed by atoms with E-state index in [4.69, 9.17) is 4.74 Å². The van der Waals surface area contributed by atoms with E-state index in [-0.39, 0.29) is 10.8 Å². The third kappa shape index (κ3) is 5.58. The van der Waals surface area contributed by atoms with E-state index >= 15 is 0 Å². The highest BCUT2D eigenvalue weighted by Gasteiger charge is 2.28. The summed E-state index contributed by atoms with van der Waals surface area (Å²) >= 11 is 1.73. The van der Waals surface area contributed by atoms with Crippen molar-refractivity contribution in [1.29, 1.82) is 0 Å². The van der Waals surface area contributed by atoms with Gasteiger partial charge in [0, 0.05) is 29.3 Å². The molecule has 0 atom stereocenters. The number of ether oxygens (including phenoxy) is 1. The number of nitrogens with one attached hydrogen (secondary N) is 1. The molecule has 0 aliphatic carbocycles. The summed E-state index contributed by atoms with van der Waals surface area (Å²) < 4.78 is 32.6. The van der Waals surface area contributed by atoms with Gasteiger partial charge in [0.2, 0.25) is 10.0 Å². The summed E-state index contributed by atoms with van der Waals surface area (Å²) in [5.74, 6) is 0.877. The van der Waals surface area contributed by atoms with Crippen LogP contribution in [0.3, 0.4) is 0 Å². The van der Waals surface area contributed by atoms with Crippen molar-refractivity contribution in [3.8, 4) is 5.75 Å². The number of methoxy groups -OCH3 is 1. The van der Waals surface area contributed by atoms with Crippen LogP contribution in [0.5, 0.6) is 5.75 Å². The number of nitrogens with zero attached hydrogens (tertiary/aromatic N) is 1. The van der Waals surface area contributed by atoms with Gasteiger partial charge in [0.05, 0.1) is 17.7 Å². The number of hydrogen-bond acceptors (Lipinski definition) is 5. The van der Waals surface area contributed by atoms with Gasteiger partial charge >= 0.3 is 0 Å². The van der Waals surface area contributed by atoms with E-state index in [9.17, 15) is 13.2 Å². The quantitative estimate of drug-likeness (QED) is 0.456. The largest absolute Gasteiger partial charge is 0.495 e. The molecule has 3 aromatic carbocycles. The molecule has 6 nitrogen and oxygen atoms in total. The SMILES string of the molecule is COc1ccc(S(=O)(=O)N2CCCC2)cc1NC(=O)c1ccc(CSc2ccccc2)cc1. The highest BCUT2D eigenvalue weighted by molar-refractivity contribution is 7.98. The lowest BCUT2D eigenvalue weighted by atomic mass is 10.1. The second-order valence-electron chi connectivity index (χ2n) is 7.73. The molecule has 3 aromatic rings. The van der Waals surface area contributed by atoms with E-state index < -0.39 is 10.0 Å². The van der Waals surface area contributed by atoms with Gasteiger partial charge in [-0.3, -0.25) is 4.79 Å². The molecule has 1 fully saturated rings. The van der Waals surface area contributed by atoms with Gasteiger partial charge in [-0.25, -0.2) is 8.42 Å². The van der Waals surface area contributed by atoms with Crippen molar-refractivity contribution in [3.63, 3.8) is 0 Å². The van der Waals surface area contributed by atoms with Crippen LogP contribution in [0.4, 0.5) is 5.69 Å². The molecule has 0 aromatic heterocycles. The minimum Gasteiger partial charge on any atom is -0.495 e. The Bertz CT molecular complexity index is 1210. The fourth-order valence-electron chi connectivity index (χ4n) is 3.65. The van der Waals surface area contributed by atoms with E-state index in [2.05, 4.69) is 17.4 Å². The average molecular weight is 483 g/mol. The van der Waals surface area contributed by atoms with Crippen LogP contribution in [0, 0.1) is 0 Å². The van der Waals surface area contributed by atoms with Crippen LogP contribution >= 0.6 is 11.8 Å². The van der Waals surface area contributed by atoms with Crippen LogP contribution < -0.4 is 10.1 Å². The fraction of sp³-hybridized carbons (Fsp3) is 0.240. The molecule has 8 heteroatoms. The molecule has 1 saturated heterocycles. The number of sulfonamides is 1. The molecule has 1 amide bonds. The zero-order chi connectivity index (χ0) is 23.3. The van der Waals surface area contributed by atoms with Crippen molar-refractivity contribution in [2.24, 2.45) is 0 Å². The second kappa shape index (κ2) is 10.4. The predicted octanol–water partition coefficient (Wildman–Crippen LogP) is 5.02. The number of carbonyl (C=O) groups excluding carboxylic acids is 1. The predicted molar refractivity (Wildman–Crippen MR) is 131 cm³/mol. The van der Waals surface area contributed by atoms with Gasteiger partial charge in [-0.15, -0.1) is 11.8 Å². The third-order valence-electron chi connectivity index (χ3n) is 5.49. The first kappa shape index (κ1) is 23.4. The minimum atomic E-state index is -3.60. The summed E-state index contributed by atoms with van der Waals surface area (Å²) in [6, 6.07) is 22.1. The lowest BCUT2D eigenvalue weighted by Gasteiger charge is -2.17. The summed E-state index contributed by atoms with van der Waals surface area (Å²) in [5.41, 5.74) is 1.92. The van der Waals surface area contributed by atoms with E-state index in [1.807, 2.05) is 30.3 Å². The minimum absolute atomic E-state index is 0.147. The molecule has 0 spiro atoms. The lowest BCUT2D eigenvalue weighted by Crippen LogP contribution is -2.28. The second-order valence-corrected chi connectivity index (χ2v) is 10.7. The number of thioether (sulfide) groups is 1. The van der Waals surface area contributed by atoms with Gasteiger partial charge in [-0.05, 0) is 60.9 Å². The molecule has 0 radical (unpaired) electrons. The first-order valence-corrected chi connectivity index (χ1v) is 13.2. The Balaban J connectivity index is 1.47. The lowest BCUT2D eigenvalue weighted by molar-refractivity contribution is 0.102. The summed E-state index contributed by atoms with van der Waals surface area (Å²) in [4.78, 5) is 14.2. The van der Waals surface area contributed by atoms with Crippen LogP contribution in [-0.4, -0.2) is 38.8 Å². The molecule has 1 aliphatic rings. The third-order valence-corrected chi connectivity index (χ3v) is 8.46. The number of rotatable bonds is 8. The maximum absolute atomic E-state index is 12.9. The van der Waals surface area contributed by atoms with Gasteiger partial charge in [0.15, 0.2) is 0 Å². The van der Waals surface area contributed by atoms with E-state index in [1.54, 1.807) is 30.0 Å². The summed E-state index contributed by atoms with van der Waals surface area (Å²) in [7, 11) is -2.11. The monoisotopic (exact) mass is 482 g/mol. The maximum Gasteiger partial charge on any atom is 0.255 e. The van der Waals surface area contributed by atoms with Crippen LogP contribution in [0.1, 0.15) is 28.8 Å². The standard InChI is InChI=1S/C25H26N2O4S2/c1-31-24-14-13-22(33(29,30)27-15-5-6-16-27)17-23(24)26-25(28)20-11-9-19(10-12-20)18-32-21-7-3-2-4-8-21/h2-4,7-14,17H,5-6,15-16,18H2,1H3,(H,26,28). The van der Waals surface area contributed by atoms with Crippen molar-refractivity contribution in [2.45, 2.75) is 28.4 Å². The van der Waals surface area contributed by atoms with Gasteiger partial charge in [0.1, 0.15) is 5.75 Å². The highest BCUT2D eigenvalue weighted by Crippen LogP contribution is 2.30. The number of carbonyl (C=O) groups is 1. The van der Waals surface area contributed by atoms with Crippen molar-refractivity contribution < 1.29 is 17.9 Å². The molecule has 1 heterocycles. The molecule has 33 heavy (non-hydrogen) atoms. The first-order chi connectivity index (χ1) is 16.0. The van der Waals surface area contributed by atoms with E-state index in [0.29, 0.717) is 30.1 Å². The van der Waals surface area contributed by atoms with Crippen molar-refractivity contribution >= 4 is 33.4 Å². The van der Waals surface area contributed by atoms with Crippen molar-refractivity contribution in [3.05, 3.63) is 83.9 Å². The molecule has 0 bridgehead atoms. The Labute approximate surface area is 199 Å². The Morgan fingerprint density at radius 1 is 1.00 bits per heavy atom. The van der Waals surface area contributed by atoms with Gasteiger partial charge in [-0.2, -0.15) is 4.31 Å². The van der Waals surface area contributed by atoms with Crippen LogP contribution in [-0.2, 0) is 15.8 Å². The molecule has 4 rings (SSSR count). The Hall–Kier alpha value is -2.81. The van der Waals surface area contributed by atoms with Crippen LogP contribution in [0.15, 0.2) is 82.6 Å². The topological polar surface area (TPSA) is 75.7 Å². The Kier molecular flexibility index (Phi) is 7.37. The molecule has 1 aliphatic heterocycles. The number of hydrogen-bond donors (Lipinski definition) is 1. The zero-order valence-electron chi connectivity index (χ0n) is 18.4. The Morgan fingerprint density at radius 2 is 1.70 bits per heavy atom.